The van der Waals surface area contributed by atoms with Crippen molar-refractivity contribution in [3.8, 4) is 0 Å². The average molecular weight is 191 g/mol. The van der Waals surface area contributed by atoms with Gasteiger partial charge in [-0.1, -0.05) is 42.5 Å². The SMILES string of the molecule is CN(CC=Cc1ccccc1)CCO. The minimum atomic E-state index is 0.218. The molecular weight excluding hydrogens is 174 g/mol. The Morgan fingerprint density at radius 3 is 2.64 bits per heavy atom. The number of likely N-dealkylation sites (N-methyl/N-ethyl adjacent to an activating group) is 1. The number of nitrogens with zero attached hydrogens (tertiary/aromatic N) is 1. The summed E-state index contributed by atoms with van der Waals surface area (Å²) in [6.45, 7) is 1.81. The van der Waals surface area contributed by atoms with Crippen LogP contribution in [0, 0.1) is 0 Å². The van der Waals surface area contributed by atoms with Crippen molar-refractivity contribution in [2.75, 3.05) is 26.7 Å². The second-order valence-corrected chi connectivity index (χ2v) is 3.30. The molecule has 0 radical (unpaired) electrons. The van der Waals surface area contributed by atoms with E-state index >= 15 is 0 Å². The maximum absolute atomic E-state index is 8.69. The van der Waals surface area contributed by atoms with Crippen molar-refractivity contribution in [1.82, 2.24) is 4.90 Å². The van der Waals surface area contributed by atoms with Gasteiger partial charge < -0.3 is 10.0 Å². The molecule has 2 nitrogen and oxygen atoms in total. The van der Waals surface area contributed by atoms with E-state index in [4.69, 9.17) is 5.11 Å². The molecule has 0 amide bonds. The highest BCUT2D eigenvalue weighted by atomic mass is 16.3. The molecule has 0 aliphatic rings. The zero-order valence-electron chi connectivity index (χ0n) is 8.56. The second-order valence-electron chi connectivity index (χ2n) is 3.30. The van der Waals surface area contributed by atoms with E-state index in [1.165, 1.54) is 5.56 Å². The highest BCUT2D eigenvalue weighted by Crippen LogP contribution is 2.00. The van der Waals surface area contributed by atoms with Gasteiger partial charge in [0.15, 0.2) is 0 Å². The lowest BCUT2D eigenvalue weighted by Gasteiger charge is -2.11. The number of rotatable bonds is 5. The molecule has 0 bridgehead atoms. The molecular formula is C12H17NO. The Morgan fingerprint density at radius 1 is 1.29 bits per heavy atom. The van der Waals surface area contributed by atoms with Crippen LogP contribution in [-0.4, -0.2) is 36.8 Å². The van der Waals surface area contributed by atoms with Crippen molar-refractivity contribution < 1.29 is 5.11 Å². The van der Waals surface area contributed by atoms with E-state index in [0.29, 0.717) is 0 Å². The summed E-state index contributed by atoms with van der Waals surface area (Å²) in [6.07, 6.45) is 4.19. The van der Waals surface area contributed by atoms with Gasteiger partial charge in [0.25, 0.3) is 0 Å². The number of aliphatic hydroxyl groups excluding tert-OH is 1. The average Bonchev–Trinajstić information content (AvgIpc) is 2.20. The summed E-state index contributed by atoms with van der Waals surface area (Å²) in [5, 5.41) is 8.69. The molecule has 76 valence electrons. The van der Waals surface area contributed by atoms with E-state index in [0.717, 1.165) is 13.1 Å². The van der Waals surface area contributed by atoms with Gasteiger partial charge in [0.2, 0.25) is 0 Å². The number of aliphatic hydroxyl groups is 1. The molecule has 0 atom stereocenters. The van der Waals surface area contributed by atoms with E-state index in [2.05, 4.69) is 29.2 Å². The monoisotopic (exact) mass is 191 g/mol. The summed E-state index contributed by atoms with van der Waals surface area (Å²) >= 11 is 0. The van der Waals surface area contributed by atoms with Crippen LogP contribution in [-0.2, 0) is 0 Å². The summed E-state index contributed by atoms with van der Waals surface area (Å²) in [5.74, 6) is 0. The lowest BCUT2D eigenvalue weighted by molar-refractivity contribution is 0.232. The maximum Gasteiger partial charge on any atom is 0.0558 e. The fourth-order valence-electron chi connectivity index (χ4n) is 1.19. The van der Waals surface area contributed by atoms with Gasteiger partial charge in [0, 0.05) is 13.1 Å². The van der Waals surface area contributed by atoms with Crippen LogP contribution in [0.1, 0.15) is 5.56 Å². The maximum atomic E-state index is 8.69. The van der Waals surface area contributed by atoms with Gasteiger partial charge in [-0.15, -0.1) is 0 Å². The Balaban J connectivity index is 2.34. The fraction of sp³-hybridized carbons (Fsp3) is 0.333. The van der Waals surface area contributed by atoms with E-state index in [9.17, 15) is 0 Å². The number of hydrogen-bond acceptors (Lipinski definition) is 2. The summed E-state index contributed by atoms with van der Waals surface area (Å²) in [7, 11) is 1.99. The lowest BCUT2D eigenvalue weighted by Crippen LogP contribution is -2.21. The summed E-state index contributed by atoms with van der Waals surface area (Å²) < 4.78 is 0. The van der Waals surface area contributed by atoms with Gasteiger partial charge >= 0.3 is 0 Å². The Kier molecular flexibility index (Phi) is 4.97. The quantitative estimate of drug-likeness (QED) is 0.764. The lowest BCUT2D eigenvalue weighted by atomic mass is 10.2. The van der Waals surface area contributed by atoms with E-state index in [1.807, 2.05) is 25.2 Å². The molecule has 14 heavy (non-hydrogen) atoms. The third-order valence-electron chi connectivity index (χ3n) is 2.01. The van der Waals surface area contributed by atoms with Crippen LogP contribution in [0.15, 0.2) is 36.4 Å². The highest BCUT2D eigenvalue weighted by Gasteiger charge is 1.91. The van der Waals surface area contributed by atoms with Gasteiger partial charge in [-0.3, -0.25) is 0 Å². The normalized spacial score (nSPS) is 11.4. The van der Waals surface area contributed by atoms with Crippen LogP contribution in [0.5, 0.6) is 0 Å². The first kappa shape index (κ1) is 11.0. The standard InChI is InChI=1S/C12H17NO/c1-13(10-11-14)9-5-8-12-6-3-2-4-7-12/h2-8,14H,9-11H2,1H3. The van der Waals surface area contributed by atoms with Crippen molar-refractivity contribution in [1.29, 1.82) is 0 Å². The van der Waals surface area contributed by atoms with Gasteiger partial charge in [-0.25, -0.2) is 0 Å². The van der Waals surface area contributed by atoms with Crippen molar-refractivity contribution in [3.05, 3.63) is 42.0 Å². The number of benzene rings is 1. The van der Waals surface area contributed by atoms with Gasteiger partial charge in [0.05, 0.1) is 6.61 Å². The van der Waals surface area contributed by atoms with Gasteiger partial charge in [-0.05, 0) is 12.6 Å². The van der Waals surface area contributed by atoms with Crippen LogP contribution in [0.3, 0.4) is 0 Å². The molecule has 0 fully saturated rings. The molecule has 0 spiro atoms. The third kappa shape index (κ3) is 4.21. The molecule has 1 rings (SSSR count). The molecule has 2 heteroatoms. The van der Waals surface area contributed by atoms with Crippen molar-refractivity contribution in [3.63, 3.8) is 0 Å². The molecule has 0 aliphatic carbocycles. The van der Waals surface area contributed by atoms with Crippen LogP contribution in [0.2, 0.25) is 0 Å². The molecule has 0 aliphatic heterocycles. The molecule has 0 aromatic heterocycles. The number of hydrogen-bond donors (Lipinski definition) is 1. The summed E-state index contributed by atoms with van der Waals surface area (Å²) in [4.78, 5) is 2.07. The first-order valence-corrected chi connectivity index (χ1v) is 4.84. The minimum absolute atomic E-state index is 0.218. The molecule has 0 saturated heterocycles. The summed E-state index contributed by atoms with van der Waals surface area (Å²) in [5.41, 5.74) is 1.21. The van der Waals surface area contributed by atoms with Crippen molar-refractivity contribution in [2.45, 2.75) is 0 Å². The first-order chi connectivity index (χ1) is 6.83. The largest absolute Gasteiger partial charge is 0.395 e. The zero-order chi connectivity index (χ0) is 10.2. The van der Waals surface area contributed by atoms with Crippen molar-refractivity contribution >= 4 is 6.08 Å². The smallest absolute Gasteiger partial charge is 0.0558 e. The Hall–Kier alpha value is -1.12. The fourth-order valence-corrected chi connectivity index (χ4v) is 1.19. The minimum Gasteiger partial charge on any atom is -0.395 e. The molecule has 1 aromatic rings. The first-order valence-electron chi connectivity index (χ1n) is 4.84. The second kappa shape index (κ2) is 6.35. The van der Waals surface area contributed by atoms with Gasteiger partial charge in [-0.2, -0.15) is 0 Å². The Bertz CT molecular complexity index is 269. The third-order valence-corrected chi connectivity index (χ3v) is 2.01. The van der Waals surface area contributed by atoms with Crippen molar-refractivity contribution in [2.24, 2.45) is 0 Å². The molecule has 1 aromatic carbocycles. The van der Waals surface area contributed by atoms with E-state index in [1.54, 1.807) is 0 Å². The predicted octanol–water partition coefficient (Wildman–Crippen LogP) is 1.62. The zero-order valence-corrected chi connectivity index (χ0v) is 8.56. The molecule has 0 unspecified atom stereocenters. The summed E-state index contributed by atoms with van der Waals surface area (Å²) in [6, 6.07) is 10.2. The van der Waals surface area contributed by atoms with Crippen LogP contribution < -0.4 is 0 Å². The Labute approximate surface area is 85.5 Å². The predicted molar refractivity (Wildman–Crippen MR) is 60.1 cm³/mol. The van der Waals surface area contributed by atoms with Crippen LogP contribution in [0.25, 0.3) is 6.08 Å². The Morgan fingerprint density at radius 2 is 2.00 bits per heavy atom. The highest BCUT2D eigenvalue weighted by molar-refractivity contribution is 5.48. The topological polar surface area (TPSA) is 23.5 Å². The van der Waals surface area contributed by atoms with E-state index < -0.39 is 0 Å². The molecule has 1 N–H and O–H groups in total. The molecule has 0 heterocycles. The van der Waals surface area contributed by atoms with E-state index in [-0.39, 0.29) is 6.61 Å². The van der Waals surface area contributed by atoms with Crippen LogP contribution >= 0.6 is 0 Å². The van der Waals surface area contributed by atoms with Crippen LogP contribution in [0.4, 0.5) is 0 Å². The van der Waals surface area contributed by atoms with Gasteiger partial charge in [0.1, 0.15) is 0 Å². The molecule has 0 saturated carbocycles.